The highest BCUT2D eigenvalue weighted by Gasteiger charge is 2.07. The number of nitrogens with one attached hydrogen (secondary N) is 1. The third kappa shape index (κ3) is 4.91. The Kier molecular flexibility index (Phi) is 5.71. The Hall–Kier alpha value is -0.810. The van der Waals surface area contributed by atoms with Gasteiger partial charge in [0.05, 0.1) is 6.04 Å². The SMILES string of the molecule is NC(=O)C(N)CNCCc1ccc(Cl)cc1Cl. The van der Waals surface area contributed by atoms with Crippen LogP contribution >= 0.6 is 23.2 Å². The molecule has 1 amide bonds. The molecule has 0 aliphatic heterocycles. The summed E-state index contributed by atoms with van der Waals surface area (Å²) in [5.74, 6) is -0.512. The summed E-state index contributed by atoms with van der Waals surface area (Å²) in [7, 11) is 0. The minimum absolute atomic E-state index is 0.362. The smallest absolute Gasteiger partial charge is 0.235 e. The molecule has 1 rings (SSSR count). The fourth-order valence-electron chi connectivity index (χ4n) is 1.31. The highest BCUT2D eigenvalue weighted by atomic mass is 35.5. The van der Waals surface area contributed by atoms with Crippen LogP contribution < -0.4 is 16.8 Å². The molecule has 0 spiro atoms. The van der Waals surface area contributed by atoms with Gasteiger partial charge >= 0.3 is 0 Å². The van der Waals surface area contributed by atoms with Gasteiger partial charge in [0.15, 0.2) is 0 Å². The highest BCUT2D eigenvalue weighted by Crippen LogP contribution is 2.20. The van der Waals surface area contributed by atoms with Crippen LogP contribution in [0, 0.1) is 0 Å². The van der Waals surface area contributed by atoms with E-state index in [9.17, 15) is 4.79 Å². The van der Waals surface area contributed by atoms with Crippen molar-refractivity contribution < 1.29 is 4.79 Å². The van der Waals surface area contributed by atoms with Gasteiger partial charge in [-0.25, -0.2) is 0 Å². The molecule has 0 aliphatic carbocycles. The molecular formula is C11H15Cl2N3O. The van der Waals surface area contributed by atoms with Crippen molar-refractivity contribution in [2.45, 2.75) is 12.5 Å². The molecule has 0 saturated carbocycles. The summed E-state index contributed by atoms with van der Waals surface area (Å²) in [4.78, 5) is 10.7. The van der Waals surface area contributed by atoms with Crippen LogP contribution in [0.25, 0.3) is 0 Å². The molecule has 0 aliphatic rings. The van der Waals surface area contributed by atoms with Crippen LogP contribution in [0.2, 0.25) is 10.0 Å². The predicted molar refractivity (Wildman–Crippen MR) is 70.2 cm³/mol. The minimum atomic E-state index is -0.657. The lowest BCUT2D eigenvalue weighted by Crippen LogP contribution is -2.44. The molecule has 94 valence electrons. The monoisotopic (exact) mass is 275 g/mol. The van der Waals surface area contributed by atoms with E-state index in [0.717, 1.165) is 12.0 Å². The summed E-state index contributed by atoms with van der Waals surface area (Å²) in [5, 5.41) is 4.29. The van der Waals surface area contributed by atoms with Crippen LogP contribution in [-0.2, 0) is 11.2 Å². The first-order chi connectivity index (χ1) is 8.00. The Morgan fingerprint density at radius 2 is 2.12 bits per heavy atom. The van der Waals surface area contributed by atoms with Crippen molar-refractivity contribution in [1.29, 1.82) is 0 Å². The van der Waals surface area contributed by atoms with Crippen molar-refractivity contribution in [1.82, 2.24) is 5.32 Å². The van der Waals surface area contributed by atoms with Gasteiger partial charge < -0.3 is 16.8 Å². The van der Waals surface area contributed by atoms with Gasteiger partial charge in [-0.05, 0) is 30.7 Å². The maximum atomic E-state index is 10.7. The van der Waals surface area contributed by atoms with Gasteiger partial charge in [0, 0.05) is 16.6 Å². The molecule has 0 fully saturated rings. The maximum absolute atomic E-state index is 10.7. The zero-order valence-corrected chi connectivity index (χ0v) is 10.8. The Morgan fingerprint density at radius 3 is 2.71 bits per heavy atom. The van der Waals surface area contributed by atoms with Crippen LogP contribution in [0.5, 0.6) is 0 Å². The van der Waals surface area contributed by atoms with Gasteiger partial charge in [-0.3, -0.25) is 4.79 Å². The number of primary amides is 1. The summed E-state index contributed by atoms with van der Waals surface area (Å²) >= 11 is 11.8. The Labute approximate surface area is 110 Å². The molecule has 0 aromatic heterocycles. The van der Waals surface area contributed by atoms with Crippen LogP contribution in [0.1, 0.15) is 5.56 Å². The van der Waals surface area contributed by atoms with Gasteiger partial charge in [0.25, 0.3) is 0 Å². The fraction of sp³-hybridized carbons (Fsp3) is 0.364. The number of nitrogens with two attached hydrogens (primary N) is 2. The van der Waals surface area contributed by atoms with E-state index in [1.54, 1.807) is 12.1 Å². The molecule has 4 nitrogen and oxygen atoms in total. The Bertz CT molecular complexity index is 398. The number of carbonyl (C=O) groups excluding carboxylic acids is 1. The molecule has 0 heterocycles. The van der Waals surface area contributed by atoms with Crippen molar-refractivity contribution >= 4 is 29.1 Å². The van der Waals surface area contributed by atoms with E-state index >= 15 is 0 Å². The van der Waals surface area contributed by atoms with Gasteiger partial charge in [-0.2, -0.15) is 0 Å². The lowest BCUT2D eigenvalue weighted by Gasteiger charge is -2.09. The largest absolute Gasteiger partial charge is 0.368 e. The zero-order valence-electron chi connectivity index (χ0n) is 9.25. The third-order valence-corrected chi connectivity index (χ3v) is 2.90. The van der Waals surface area contributed by atoms with Crippen LogP contribution in [-0.4, -0.2) is 25.0 Å². The first kappa shape index (κ1) is 14.3. The van der Waals surface area contributed by atoms with Crippen LogP contribution in [0.4, 0.5) is 0 Å². The van der Waals surface area contributed by atoms with E-state index < -0.39 is 11.9 Å². The van der Waals surface area contributed by atoms with Crippen molar-refractivity contribution in [2.75, 3.05) is 13.1 Å². The molecule has 1 unspecified atom stereocenters. The summed E-state index contributed by atoms with van der Waals surface area (Å²) in [6.45, 7) is 1.03. The molecule has 6 heteroatoms. The van der Waals surface area contributed by atoms with Crippen LogP contribution in [0.3, 0.4) is 0 Å². The molecule has 0 saturated heterocycles. The lowest BCUT2D eigenvalue weighted by atomic mass is 10.1. The van der Waals surface area contributed by atoms with Gasteiger partial charge in [0.2, 0.25) is 5.91 Å². The van der Waals surface area contributed by atoms with E-state index in [-0.39, 0.29) is 0 Å². The second kappa shape index (κ2) is 6.81. The second-order valence-electron chi connectivity index (χ2n) is 3.70. The molecule has 1 aromatic carbocycles. The Balaban J connectivity index is 2.34. The standard InChI is InChI=1S/C11H15Cl2N3O/c12-8-2-1-7(9(13)5-8)3-4-16-6-10(14)11(15)17/h1-2,5,10,16H,3-4,6,14H2,(H2,15,17). The topological polar surface area (TPSA) is 81.1 Å². The van der Waals surface area contributed by atoms with Crippen LogP contribution in [0.15, 0.2) is 18.2 Å². The quantitative estimate of drug-likeness (QED) is 0.676. The number of halogens is 2. The van der Waals surface area contributed by atoms with Gasteiger partial charge in [-0.15, -0.1) is 0 Å². The number of rotatable bonds is 6. The molecule has 5 N–H and O–H groups in total. The van der Waals surface area contributed by atoms with Crippen molar-refractivity contribution in [2.24, 2.45) is 11.5 Å². The van der Waals surface area contributed by atoms with E-state index in [1.165, 1.54) is 0 Å². The van der Waals surface area contributed by atoms with Crippen molar-refractivity contribution in [3.8, 4) is 0 Å². The van der Waals surface area contributed by atoms with Gasteiger partial charge in [0.1, 0.15) is 0 Å². The summed E-state index contributed by atoms with van der Waals surface area (Å²) in [6.07, 6.45) is 0.738. The first-order valence-electron chi connectivity index (χ1n) is 5.20. The average molecular weight is 276 g/mol. The summed E-state index contributed by atoms with van der Waals surface area (Å²) in [5.41, 5.74) is 11.5. The highest BCUT2D eigenvalue weighted by molar-refractivity contribution is 6.35. The number of benzene rings is 1. The average Bonchev–Trinajstić information content (AvgIpc) is 2.26. The van der Waals surface area contributed by atoms with Gasteiger partial charge in [-0.1, -0.05) is 29.3 Å². The normalized spacial score (nSPS) is 12.4. The first-order valence-corrected chi connectivity index (χ1v) is 5.96. The zero-order chi connectivity index (χ0) is 12.8. The number of hydrogen-bond donors (Lipinski definition) is 3. The molecule has 17 heavy (non-hydrogen) atoms. The predicted octanol–water partition coefficient (Wildman–Crippen LogP) is 0.938. The number of amides is 1. The second-order valence-corrected chi connectivity index (χ2v) is 4.54. The molecule has 1 aromatic rings. The lowest BCUT2D eigenvalue weighted by molar-refractivity contribution is -0.119. The van der Waals surface area contributed by atoms with E-state index in [0.29, 0.717) is 23.1 Å². The summed E-state index contributed by atoms with van der Waals surface area (Å²) in [6, 6.07) is 4.71. The minimum Gasteiger partial charge on any atom is -0.368 e. The molecule has 0 bridgehead atoms. The third-order valence-electron chi connectivity index (χ3n) is 2.32. The van der Waals surface area contributed by atoms with E-state index in [2.05, 4.69) is 5.32 Å². The van der Waals surface area contributed by atoms with E-state index in [1.807, 2.05) is 6.07 Å². The van der Waals surface area contributed by atoms with E-state index in [4.69, 9.17) is 34.7 Å². The maximum Gasteiger partial charge on any atom is 0.235 e. The summed E-state index contributed by atoms with van der Waals surface area (Å²) < 4.78 is 0. The Morgan fingerprint density at radius 1 is 1.41 bits per heavy atom. The van der Waals surface area contributed by atoms with Crippen molar-refractivity contribution in [3.63, 3.8) is 0 Å². The number of hydrogen-bond acceptors (Lipinski definition) is 3. The van der Waals surface area contributed by atoms with Crippen molar-refractivity contribution in [3.05, 3.63) is 33.8 Å². The molecule has 1 atom stereocenters. The molecular weight excluding hydrogens is 261 g/mol. The fourth-order valence-corrected chi connectivity index (χ4v) is 1.81. The molecule has 0 radical (unpaired) electrons. The number of carbonyl (C=O) groups is 1.